The molecule has 0 heterocycles. The maximum atomic E-state index is 12.9. The molecule has 0 aliphatic rings. The van der Waals surface area contributed by atoms with E-state index in [9.17, 15) is 9.18 Å². The van der Waals surface area contributed by atoms with Crippen molar-refractivity contribution in [1.82, 2.24) is 0 Å². The number of carbonyl (C=O) groups is 1. The molecule has 3 nitrogen and oxygen atoms in total. The molecule has 15 heavy (non-hydrogen) atoms. The van der Waals surface area contributed by atoms with Gasteiger partial charge < -0.3 is 9.84 Å². The predicted molar refractivity (Wildman–Crippen MR) is 56.5 cm³/mol. The molecule has 1 aromatic rings. The van der Waals surface area contributed by atoms with Gasteiger partial charge in [-0.2, -0.15) is 0 Å². The van der Waals surface area contributed by atoms with Crippen molar-refractivity contribution >= 4 is 21.9 Å². The van der Waals surface area contributed by atoms with Crippen LogP contribution in [0.15, 0.2) is 22.7 Å². The molecular formula is C10H10BrFO3. The molecule has 1 aromatic carbocycles. The Morgan fingerprint density at radius 1 is 1.47 bits per heavy atom. The summed E-state index contributed by atoms with van der Waals surface area (Å²) < 4.78 is 18.6. The molecule has 0 fully saturated rings. The van der Waals surface area contributed by atoms with Gasteiger partial charge in [0.15, 0.2) is 0 Å². The minimum absolute atomic E-state index is 0.0521. The third kappa shape index (κ3) is 4.78. The average Bonchev–Trinajstić information content (AvgIpc) is 2.10. The molecule has 82 valence electrons. The lowest BCUT2D eigenvalue weighted by molar-refractivity contribution is -0.137. The third-order valence-corrected chi connectivity index (χ3v) is 2.10. The van der Waals surface area contributed by atoms with Crippen LogP contribution in [0.3, 0.4) is 0 Å². The summed E-state index contributed by atoms with van der Waals surface area (Å²) in [7, 11) is 0. The van der Waals surface area contributed by atoms with Crippen LogP contribution in [0.4, 0.5) is 4.39 Å². The number of carboxylic acids is 1. The first kappa shape index (κ1) is 12.0. The molecular weight excluding hydrogens is 267 g/mol. The summed E-state index contributed by atoms with van der Waals surface area (Å²) in [5, 5.41) is 8.38. The minimum atomic E-state index is -0.862. The fourth-order valence-corrected chi connectivity index (χ4v) is 1.47. The van der Waals surface area contributed by atoms with Crippen molar-refractivity contribution in [2.75, 3.05) is 6.61 Å². The van der Waals surface area contributed by atoms with Crippen molar-refractivity contribution in [2.24, 2.45) is 0 Å². The van der Waals surface area contributed by atoms with Gasteiger partial charge in [-0.3, -0.25) is 4.79 Å². The van der Waals surface area contributed by atoms with Gasteiger partial charge in [0.05, 0.1) is 6.61 Å². The van der Waals surface area contributed by atoms with Gasteiger partial charge in [-0.15, -0.1) is 0 Å². The molecule has 0 saturated heterocycles. The van der Waals surface area contributed by atoms with Crippen molar-refractivity contribution in [3.05, 3.63) is 28.5 Å². The zero-order chi connectivity index (χ0) is 11.3. The first-order valence-electron chi connectivity index (χ1n) is 4.38. The molecule has 0 spiro atoms. The molecule has 0 saturated carbocycles. The normalized spacial score (nSPS) is 10.0. The monoisotopic (exact) mass is 276 g/mol. The smallest absolute Gasteiger partial charge is 0.303 e. The van der Waals surface area contributed by atoms with E-state index < -0.39 is 11.8 Å². The Bertz CT molecular complexity index is 334. The van der Waals surface area contributed by atoms with E-state index in [0.717, 1.165) is 0 Å². The standard InChI is InChI=1S/C10H10BrFO3/c11-7-4-8(12)6-9(5-7)15-3-1-2-10(13)14/h4-6H,1-3H2,(H,13,14). The van der Waals surface area contributed by atoms with E-state index in [0.29, 0.717) is 16.6 Å². The van der Waals surface area contributed by atoms with Gasteiger partial charge in [0.25, 0.3) is 0 Å². The Morgan fingerprint density at radius 3 is 2.80 bits per heavy atom. The van der Waals surface area contributed by atoms with E-state index in [-0.39, 0.29) is 13.0 Å². The Hall–Kier alpha value is -1.10. The number of hydrogen-bond acceptors (Lipinski definition) is 2. The van der Waals surface area contributed by atoms with Crippen LogP contribution in [0.1, 0.15) is 12.8 Å². The molecule has 0 radical (unpaired) electrons. The van der Waals surface area contributed by atoms with Gasteiger partial charge >= 0.3 is 5.97 Å². The number of rotatable bonds is 5. The molecule has 0 aliphatic carbocycles. The van der Waals surface area contributed by atoms with Crippen molar-refractivity contribution < 1.29 is 19.0 Å². The van der Waals surface area contributed by atoms with E-state index in [1.54, 1.807) is 6.07 Å². The van der Waals surface area contributed by atoms with Crippen LogP contribution in [-0.4, -0.2) is 17.7 Å². The first-order chi connectivity index (χ1) is 7.08. The largest absolute Gasteiger partial charge is 0.493 e. The second kappa shape index (κ2) is 5.70. The maximum Gasteiger partial charge on any atom is 0.303 e. The van der Waals surface area contributed by atoms with Crippen molar-refractivity contribution in [2.45, 2.75) is 12.8 Å². The van der Waals surface area contributed by atoms with E-state index in [1.165, 1.54) is 12.1 Å². The highest BCUT2D eigenvalue weighted by Gasteiger charge is 2.01. The Labute approximate surface area is 95.0 Å². The van der Waals surface area contributed by atoms with Crippen LogP contribution in [0.2, 0.25) is 0 Å². The summed E-state index contributed by atoms with van der Waals surface area (Å²) in [5.41, 5.74) is 0. The molecule has 1 rings (SSSR count). The summed E-state index contributed by atoms with van der Waals surface area (Å²) in [6.45, 7) is 0.266. The number of carboxylic acid groups (broad SMARTS) is 1. The van der Waals surface area contributed by atoms with Gasteiger partial charge in [0.2, 0.25) is 0 Å². The molecule has 0 amide bonds. The Balaban J connectivity index is 2.40. The van der Waals surface area contributed by atoms with Gasteiger partial charge in [0, 0.05) is 17.0 Å². The molecule has 0 atom stereocenters. The van der Waals surface area contributed by atoms with Crippen LogP contribution < -0.4 is 4.74 Å². The zero-order valence-corrected chi connectivity index (χ0v) is 9.46. The highest BCUT2D eigenvalue weighted by Crippen LogP contribution is 2.20. The highest BCUT2D eigenvalue weighted by atomic mass is 79.9. The molecule has 0 aliphatic heterocycles. The average molecular weight is 277 g/mol. The number of aliphatic carboxylic acids is 1. The lowest BCUT2D eigenvalue weighted by Crippen LogP contribution is -2.02. The Morgan fingerprint density at radius 2 is 2.20 bits per heavy atom. The molecule has 1 N–H and O–H groups in total. The van der Waals surface area contributed by atoms with Crippen molar-refractivity contribution in [1.29, 1.82) is 0 Å². The molecule has 0 unspecified atom stereocenters. The van der Waals surface area contributed by atoms with Crippen molar-refractivity contribution in [3.63, 3.8) is 0 Å². The minimum Gasteiger partial charge on any atom is -0.493 e. The van der Waals surface area contributed by atoms with Crippen LogP contribution in [0.25, 0.3) is 0 Å². The van der Waals surface area contributed by atoms with E-state index >= 15 is 0 Å². The van der Waals surface area contributed by atoms with Gasteiger partial charge in [0.1, 0.15) is 11.6 Å². The molecule has 0 bridgehead atoms. The van der Waals surface area contributed by atoms with E-state index in [2.05, 4.69) is 15.9 Å². The lowest BCUT2D eigenvalue weighted by Gasteiger charge is -2.05. The second-order valence-electron chi connectivity index (χ2n) is 2.95. The summed E-state index contributed by atoms with van der Waals surface area (Å²) in [4.78, 5) is 10.2. The molecule has 0 aromatic heterocycles. The summed E-state index contributed by atoms with van der Waals surface area (Å²) in [6, 6.07) is 4.21. The molecule has 5 heteroatoms. The van der Waals surface area contributed by atoms with Crippen LogP contribution in [0.5, 0.6) is 5.75 Å². The SMILES string of the molecule is O=C(O)CCCOc1cc(F)cc(Br)c1. The number of benzene rings is 1. The van der Waals surface area contributed by atoms with E-state index in [1.807, 2.05) is 0 Å². The van der Waals surface area contributed by atoms with Gasteiger partial charge in [-0.25, -0.2) is 4.39 Å². The van der Waals surface area contributed by atoms with Crippen LogP contribution in [-0.2, 0) is 4.79 Å². The second-order valence-corrected chi connectivity index (χ2v) is 3.87. The highest BCUT2D eigenvalue weighted by molar-refractivity contribution is 9.10. The number of ether oxygens (including phenoxy) is 1. The topological polar surface area (TPSA) is 46.5 Å². The summed E-state index contributed by atoms with van der Waals surface area (Å²) in [5.74, 6) is -0.858. The fourth-order valence-electron chi connectivity index (χ4n) is 1.03. The van der Waals surface area contributed by atoms with Crippen molar-refractivity contribution in [3.8, 4) is 5.75 Å². The third-order valence-electron chi connectivity index (χ3n) is 1.64. The maximum absolute atomic E-state index is 12.9. The summed E-state index contributed by atoms with van der Waals surface area (Å²) in [6.07, 6.45) is 0.458. The summed E-state index contributed by atoms with van der Waals surface area (Å²) >= 11 is 3.13. The fraction of sp³-hybridized carbons (Fsp3) is 0.300. The zero-order valence-electron chi connectivity index (χ0n) is 7.87. The van der Waals surface area contributed by atoms with Gasteiger partial charge in [-0.1, -0.05) is 15.9 Å². The predicted octanol–water partition coefficient (Wildman–Crippen LogP) is 2.83. The first-order valence-corrected chi connectivity index (χ1v) is 5.18. The lowest BCUT2D eigenvalue weighted by atomic mass is 10.3. The van der Waals surface area contributed by atoms with Crippen LogP contribution in [0, 0.1) is 5.82 Å². The van der Waals surface area contributed by atoms with Crippen LogP contribution >= 0.6 is 15.9 Å². The number of halogens is 2. The quantitative estimate of drug-likeness (QED) is 0.842. The number of hydrogen-bond donors (Lipinski definition) is 1. The Kier molecular flexibility index (Phi) is 4.55. The van der Waals surface area contributed by atoms with E-state index in [4.69, 9.17) is 9.84 Å². The van der Waals surface area contributed by atoms with Gasteiger partial charge in [-0.05, 0) is 18.6 Å².